The van der Waals surface area contributed by atoms with Gasteiger partial charge in [-0.2, -0.15) is 5.10 Å². The van der Waals surface area contributed by atoms with Gasteiger partial charge in [0.25, 0.3) is 0 Å². The summed E-state index contributed by atoms with van der Waals surface area (Å²) in [5.41, 5.74) is 0. The first-order valence-electron chi connectivity index (χ1n) is 10.9. The Bertz CT molecular complexity index is 656. The van der Waals surface area contributed by atoms with Crippen LogP contribution in [0.1, 0.15) is 44.9 Å². The zero-order valence-electron chi connectivity index (χ0n) is 17.6. The molecule has 29 heavy (non-hydrogen) atoms. The molecule has 0 spiro atoms. The molecule has 8 nitrogen and oxygen atoms in total. The monoisotopic (exact) mass is 402 g/mol. The number of hydrogen-bond donors (Lipinski definition) is 1. The number of anilines is 1. The van der Waals surface area contributed by atoms with Crippen LogP contribution in [0.4, 0.5) is 5.82 Å². The molecule has 8 heteroatoms. The van der Waals surface area contributed by atoms with E-state index in [-0.39, 0.29) is 11.8 Å². The second-order valence-corrected chi connectivity index (χ2v) is 8.16. The van der Waals surface area contributed by atoms with Gasteiger partial charge in [0, 0.05) is 51.4 Å². The minimum Gasteiger partial charge on any atom is -0.355 e. The molecule has 0 aromatic carbocycles. The Balaban J connectivity index is 1.34. The van der Waals surface area contributed by atoms with Crippen molar-refractivity contribution in [3.63, 3.8) is 0 Å². The fraction of sp³-hybridized carbons (Fsp3) is 0.714. The van der Waals surface area contributed by atoms with Gasteiger partial charge in [0.1, 0.15) is 0 Å². The van der Waals surface area contributed by atoms with Crippen molar-refractivity contribution in [2.24, 2.45) is 0 Å². The number of amides is 2. The number of aromatic nitrogens is 2. The van der Waals surface area contributed by atoms with Crippen LogP contribution in [0, 0.1) is 0 Å². The molecule has 3 rings (SSSR count). The predicted molar refractivity (Wildman–Crippen MR) is 113 cm³/mol. The molecule has 0 bridgehead atoms. The van der Waals surface area contributed by atoms with Gasteiger partial charge in [-0.05, 0) is 51.3 Å². The summed E-state index contributed by atoms with van der Waals surface area (Å²) >= 11 is 0. The Hall–Kier alpha value is -2.22. The molecule has 2 fully saturated rings. The van der Waals surface area contributed by atoms with Crippen molar-refractivity contribution in [1.29, 1.82) is 0 Å². The summed E-state index contributed by atoms with van der Waals surface area (Å²) in [6.45, 7) is 4.41. The van der Waals surface area contributed by atoms with Crippen LogP contribution in [-0.4, -0.2) is 84.2 Å². The third kappa shape index (κ3) is 6.66. The second kappa shape index (κ2) is 11.1. The van der Waals surface area contributed by atoms with E-state index in [2.05, 4.69) is 25.3 Å². The standard InChI is InChI=1S/C21H34N6O2/c1-25(16-18-8-6-15-27(18)19-9-5-12-23-24-19)17-20(28)22-11-7-14-26-13-4-2-3-10-21(26)29/h5,9,12,18H,2-4,6-8,10-11,13-17H2,1H3,(H,22,28). The van der Waals surface area contributed by atoms with E-state index in [0.717, 1.165) is 70.5 Å². The van der Waals surface area contributed by atoms with Crippen LogP contribution in [0.2, 0.25) is 0 Å². The van der Waals surface area contributed by atoms with Crippen LogP contribution >= 0.6 is 0 Å². The molecule has 2 amide bonds. The molecule has 1 atom stereocenters. The van der Waals surface area contributed by atoms with E-state index in [9.17, 15) is 9.59 Å². The van der Waals surface area contributed by atoms with Crippen molar-refractivity contribution in [1.82, 2.24) is 25.3 Å². The first-order valence-corrected chi connectivity index (χ1v) is 10.9. The average Bonchev–Trinajstić information content (AvgIpc) is 3.07. The molecule has 2 aliphatic heterocycles. The number of carbonyl (C=O) groups excluding carboxylic acids is 2. The Morgan fingerprint density at radius 1 is 1.28 bits per heavy atom. The summed E-state index contributed by atoms with van der Waals surface area (Å²) in [6.07, 6.45) is 8.65. The maximum Gasteiger partial charge on any atom is 0.234 e. The number of likely N-dealkylation sites (N-methyl/N-ethyl adjacent to an activating group) is 1. The van der Waals surface area contributed by atoms with Gasteiger partial charge in [-0.3, -0.25) is 14.5 Å². The van der Waals surface area contributed by atoms with Crippen molar-refractivity contribution in [2.45, 2.75) is 51.0 Å². The highest BCUT2D eigenvalue weighted by Gasteiger charge is 2.27. The molecule has 1 N–H and O–H groups in total. The summed E-state index contributed by atoms with van der Waals surface area (Å²) in [5, 5.41) is 11.2. The van der Waals surface area contributed by atoms with Crippen LogP contribution in [0.3, 0.4) is 0 Å². The summed E-state index contributed by atoms with van der Waals surface area (Å²) in [4.78, 5) is 30.6. The summed E-state index contributed by atoms with van der Waals surface area (Å²) in [6, 6.07) is 4.26. The van der Waals surface area contributed by atoms with Crippen LogP contribution in [0.15, 0.2) is 18.3 Å². The lowest BCUT2D eigenvalue weighted by Gasteiger charge is -2.29. The third-order valence-corrected chi connectivity index (χ3v) is 5.76. The summed E-state index contributed by atoms with van der Waals surface area (Å²) < 4.78 is 0. The van der Waals surface area contributed by atoms with Crippen molar-refractivity contribution < 1.29 is 9.59 Å². The predicted octanol–water partition coefficient (Wildman–Crippen LogP) is 1.29. The molecule has 0 aliphatic carbocycles. The van der Waals surface area contributed by atoms with Gasteiger partial charge in [-0.1, -0.05) is 6.42 Å². The number of rotatable bonds is 9. The summed E-state index contributed by atoms with van der Waals surface area (Å²) in [7, 11) is 1.99. The van der Waals surface area contributed by atoms with Crippen molar-refractivity contribution >= 4 is 17.6 Å². The zero-order valence-corrected chi connectivity index (χ0v) is 17.6. The Morgan fingerprint density at radius 2 is 2.17 bits per heavy atom. The van der Waals surface area contributed by atoms with Crippen LogP contribution in [0.5, 0.6) is 0 Å². The first-order chi connectivity index (χ1) is 14.1. The molecule has 2 saturated heterocycles. The molecule has 0 saturated carbocycles. The van der Waals surface area contributed by atoms with Gasteiger partial charge in [-0.15, -0.1) is 5.10 Å². The van der Waals surface area contributed by atoms with Gasteiger partial charge in [0.05, 0.1) is 6.54 Å². The lowest BCUT2D eigenvalue weighted by atomic mass is 10.2. The lowest BCUT2D eigenvalue weighted by molar-refractivity contribution is -0.130. The SMILES string of the molecule is CN(CC(=O)NCCCN1CCCCCC1=O)CC1CCCN1c1cccnn1. The van der Waals surface area contributed by atoms with Gasteiger partial charge in [0.2, 0.25) is 11.8 Å². The third-order valence-electron chi connectivity index (χ3n) is 5.76. The Labute approximate surface area is 173 Å². The molecule has 3 heterocycles. The minimum atomic E-state index is 0.0405. The molecule has 1 aromatic rings. The quantitative estimate of drug-likeness (QED) is 0.627. The molecular formula is C21H34N6O2. The van der Waals surface area contributed by atoms with E-state index in [1.807, 2.05) is 24.1 Å². The Kier molecular flexibility index (Phi) is 8.22. The van der Waals surface area contributed by atoms with Crippen LogP contribution in [0.25, 0.3) is 0 Å². The molecule has 1 aromatic heterocycles. The zero-order chi connectivity index (χ0) is 20.5. The summed E-state index contributed by atoms with van der Waals surface area (Å²) in [5.74, 6) is 1.22. The van der Waals surface area contributed by atoms with Gasteiger partial charge in [0.15, 0.2) is 5.82 Å². The molecule has 160 valence electrons. The smallest absolute Gasteiger partial charge is 0.234 e. The highest BCUT2D eigenvalue weighted by atomic mass is 16.2. The topological polar surface area (TPSA) is 81.7 Å². The van der Waals surface area contributed by atoms with E-state index in [1.54, 1.807) is 6.20 Å². The molecule has 0 radical (unpaired) electrons. The number of carbonyl (C=O) groups is 2. The Morgan fingerprint density at radius 3 is 3.00 bits per heavy atom. The van der Waals surface area contributed by atoms with E-state index >= 15 is 0 Å². The molecule has 2 aliphatic rings. The normalized spacial score (nSPS) is 20.2. The van der Waals surface area contributed by atoms with E-state index in [1.165, 1.54) is 0 Å². The van der Waals surface area contributed by atoms with Crippen molar-refractivity contribution in [2.75, 3.05) is 51.2 Å². The van der Waals surface area contributed by atoms with Gasteiger partial charge >= 0.3 is 0 Å². The molecular weight excluding hydrogens is 368 g/mol. The van der Waals surface area contributed by atoms with E-state index in [0.29, 0.717) is 25.6 Å². The number of hydrogen-bond acceptors (Lipinski definition) is 6. The number of nitrogens with one attached hydrogen (secondary N) is 1. The number of likely N-dealkylation sites (tertiary alicyclic amines) is 1. The minimum absolute atomic E-state index is 0.0405. The maximum atomic E-state index is 12.3. The van der Waals surface area contributed by atoms with Crippen LogP contribution in [-0.2, 0) is 9.59 Å². The first kappa shape index (κ1) is 21.5. The van der Waals surface area contributed by atoms with Crippen molar-refractivity contribution in [3.05, 3.63) is 18.3 Å². The second-order valence-electron chi connectivity index (χ2n) is 8.16. The van der Waals surface area contributed by atoms with E-state index < -0.39 is 0 Å². The van der Waals surface area contributed by atoms with Gasteiger partial charge < -0.3 is 15.1 Å². The molecule has 1 unspecified atom stereocenters. The highest BCUT2D eigenvalue weighted by molar-refractivity contribution is 5.78. The maximum absolute atomic E-state index is 12.3. The van der Waals surface area contributed by atoms with Gasteiger partial charge in [-0.25, -0.2) is 0 Å². The fourth-order valence-corrected chi connectivity index (χ4v) is 4.27. The fourth-order valence-electron chi connectivity index (χ4n) is 4.27. The van der Waals surface area contributed by atoms with Crippen LogP contribution < -0.4 is 10.2 Å². The number of nitrogens with zero attached hydrogens (tertiary/aromatic N) is 5. The van der Waals surface area contributed by atoms with E-state index in [4.69, 9.17) is 0 Å². The largest absolute Gasteiger partial charge is 0.355 e. The highest BCUT2D eigenvalue weighted by Crippen LogP contribution is 2.23. The lowest BCUT2D eigenvalue weighted by Crippen LogP contribution is -2.43. The van der Waals surface area contributed by atoms with Crippen molar-refractivity contribution in [3.8, 4) is 0 Å². The average molecular weight is 403 g/mol.